The Balaban J connectivity index is 1.33. The van der Waals surface area contributed by atoms with E-state index in [9.17, 15) is 4.79 Å². The smallest absolute Gasteiger partial charge is 0.253 e. The van der Waals surface area contributed by atoms with Crippen LogP contribution in [0, 0.1) is 13.8 Å². The van der Waals surface area contributed by atoms with Gasteiger partial charge in [0.25, 0.3) is 5.91 Å². The maximum Gasteiger partial charge on any atom is 0.253 e. The maximum absolute atomic E-state index is 12.9. The van der Waals surface area contributed by atoms with Gasteiger partial charge in [0, 0.05) is 55.4 Å². The molecule has 0 spiro atoms. The fourth-order valence-electron chi connectivity index (χ4n) is 3.76. The lowest BCUT2D eigenvalue weighted by atomic mass is 10.1. The van der Waals surface area contributed by atoms with Crippen LogP contribution in [0.3, 0.4) is 0 Å². The number of pyridine rings is 1. The Labute approximate surface area is 177 Å². The standard InChI is InChI=1S/C25H27N3O2/c1-19-5-3-7-24(20(19)2)27-13-15-28(16-14-27)25(29)22-8-10-23(11-9-22)30-18-21-6-4-12-26-17-21/h3-12,17H,13-16,18H2,1-2H3. The van der Waals surface area contributed by atoms with Crippen LogP contribution in [-0.2, 0) is 6.61 Å². The topological polar surface area (TPSA) is 45.7 Å². The summed E-state index contributed by atoms with van der Waals surface area (Å²) in [6.45, 7) is 7.92. The molecule has 1 amide bonds. The van der Waals surface area contributed by atoms with Gasteiger partial charge in [-0.15, -0.1) is 0 Å². The van der Waals surface area contributed by atoms with E-state index in [1.807, 2.05) is 41.3 Å². The molecule has 1 aliphatic heterocycles. The number of rotatable bonds is 5. The number of carbonyl (C=O) groups excluding carboxylic acids is 1. The number of aromatic nitrogens is 1. The molecule has 0 saturated carbocycles. The Bertz CT molecular complexity index is 995. The normalized spacial score (nSPS) is 13.9. The van der Waals surface area contributed by atoms with Crippen LogP contribution in [0.5, 0.6) is 5.75 Å². The van der Waals surface area contributed by atoms with Crippen LogP contribution in [0.15, 0.2) is 67.0 Å². The molecule has 2 heterocycles. The van der Waals surface area contributed by atoms with Crippen molar-refractivity contribution in [3.8, 4) is 5.75 Å². The Morgan fingerprint density at radius 2 is 1.73 bits per heavy atom. The van der Waals surface area contributed by atoms with E-state index in [0.717, 1.165) is 37.5 Å². The fraction of sp³-hybridized carbons (Fsp3) is 0.280. The Kier molecular flexibility index (Phi) is 5.98. The first-order valence-electron chi connectivity index (χ1n) is 10.3. The third-order valence-electron chi connectivity index (χ3n) is 5.71. The second-order valence-corrected chi connectivity index (χ2v) is 7.67. The molecular weight excluding hydrogens is 374 g/mol. The first-order chi connectivity index (χ1) is 14.6. The molecule has 1 aliphatic rings. The average Bonchev–Trinajstić information content (AvgIpc) is 2.80. The molecule has 1 aromatic heterocycles. The van der Waals surface area contributed by atoms with E-state index in [-0.39, 0.29) is 5.91 Å². The quantitative estimate of drug-likeness (QED) is 0.642. The van der Waals surface area contributed by atoms with E-state index < -0.39 is 0 Å². The molecule has 0 N–H and O–H groups in total. The van der Waals surface area contributed by atoms with Gasteiger partial charge in [-0.2, -0.15) is 0 Å². The summed E-state index contributed by atoms with van der Waals surface area (Å²) in [5.74, 6) is 0.824. The van der Waals surface area contributed by atoms with E-state index in [4.69, 9.17) is 4.74 Å². The van der Waals surface area contributed by atoms with Gasteiger partial charge in [0.1, 0.15) is 12.4 Å². The fourth-order valence-corrected chi connectivity index (χ4v) is 3.76. The number of ether oxygens (including phenoxy) is 1. The lowest BCUT2D eigenvalue weighted by molar-refractivity contribution is 0.0746. The molecule has 2 aromatic carbocycles. The van der Waals surface area contributed by atoms with Crippen molar-refractivity contribution in [1.82, 2.24) is 9.88 Å². The van der Waals surface area contributed by atoms with Crippen LogP contribution in [0.25, 0.3) is 0 Å². The summed E-state index contributed by atoms with van der Waals surface area (Å²) in [5, 5.41) is 0. The minimum atomic E-state index is 0.0782. The Morgan fingerprint density at radius 3 is 2.43 bits per heavy atom. The predicted molar refractivity (Wildman–Crippen MR) is 119 cm³/mol. The highest BCUT2D eigenvalue weighted by molar-refractivity contribution is 5.94. The molecule has 1 saturated heterocycles. The van der Waals surface area contributed by atoms with E-state index in [1.54, 1.807) is 12.4 Å². The molecule has 0 radical (unpaired) electrons. The van der Waals surface area contributed by atoms with E-state index in [0.29, 0.717) is 12.2 Å². The van der Waals surface area contributed by atoms with Crippen molar-refractivity contribution in [3.63, 3.8) is 0 Å². The molecule has 0 bridgehead atoms. The highest BCUT2D eigenvalue weighted by Gasteiger charge is 2.23. The van der Waals surface area contributed by atoms with Gasteiger partial charge >= 0.3 is 0 Å². The van der Waals surface area contributed by atoms with Crippen LogP contribution in [0.2, 0.25) is 0 Å². The molecule has 0 unspecified atom stereocenters. The summed E-state index contributed by atoms with van der Waals surface area (Å²) in [4.78, 5) is 21.3. The second kappa shape index (κ2) is 8.99. The van der Waals surface area contributed by atoms with Crippen molar-refractivity contribution in [2.24, 2.45) is 0 Å². The number of amides is 1. The molecule has 3 aromatic rings. The molecule has 30 heavy (non-hydrogen) atoms. The zero-order valence-corrected chi connectivity index (χ0v) is 17.5. The van der Waals surface area contributed by atoms with Gasteiger partial charge in [-0.05, 0) is 61.4 Å². The van der Waals surface area contributed by atoms with Gasteiger partial charge in [-0.3, -0.25) is 9.78 Å². The summed E-state index contributed by atoms with van der Waals surface area (Å²) in [7, 11) is 0. The zero-order valence-electron chi connectivity index (χ0n) is 17.5. The number of aryl methyl sites for hydroxylation is 1. The highest BCUT2D eigenvalue weighted by Crippen LogP contribution is 2.24. The zero-order chi connectivity index (χ0) is 20.9. The van der Waals surface area contributed by atoms with E-state index in [1.165, 1.54) is 16.8 Å². The molecule has 5 nitrogen and oxygen atoms in total. The van der Waals surface area contributed by atoms with Gasteiger partial charge in [0.05, 0.1) is 0 Å². The van der Waals surface area contributed by atoms with Gasteiger partial charge < -0.3 is 14.5 Å². The Hall–Kier alpha value is -3.34. The van der Waals surface area contributed by atoms with Gasteiger partial charge in [-0.1, -0.05) is 18.2 Å². The van der Waals surface area contributed by atoms with Crippen molar-refractivity contribution in [1.29, 1.82) is 0 Å². The largest absolute Gasteiger partial charge is 0.489 e. The molecular formula is C25H27N3O2. The van der Waals surface area contributed by atoms with Crippen molar-refractivity contribution >= 4 is 11.6 Å². The molecule has 0 atom stereocenters. The summed E-state index contributed by atoms with van der Waals surface area (Å²) >= 11 is 0. The number of piperazine rings is 1. The van der Waals surface area contributed by atoms with Crippen LogP contribution < -0.4 is 9.64 Å². The number of benzene rings is 2. The first-order valence-corrected chi connectivity index (χ1v) is 10.3. The summed E-state index contributed by atoms with van der Waals surface area (Å²) < 4.78 is 5.78. The average molecular weight is 402 g/mol. The summed E-state index contributed by atoms with van der Waals surface area (Å²) in [6.07, 6.45) is 3.53. The van der Waals surface area contributed by atoms with E-state index in [2.05, 4.69) is 41.9 Å². The molecule has 5 heteroatoms. The number of hydrogen-bond donors (Lipinski definition) is 0. The van der Waals surface area contributed by atoms with Crippen LogP contribution >= 0.6 is 0 Å². The van der Waals surface area contributed by atoms with Gasteiger partial charge in [0.15, 0.2) is 0 Å². The monoisotopic (exact) mass is 401 g/mol. The summed E-state index contributed by atoms with van der Waals surface area (Å²) in [6, 6.07) is 17.7. The molecule has 4 rings (SSSR count). The van der Waals surface area contributed by atoms with Gasteiger partial charge in [0.2, 0.25) is 0 Å². The molecule has 0 aliphatic carbocycles. The van der Waals surface area contributed by atoms with Crippen LogP contribution in [0.1, 0.15) is 27.0 Å². The third kappa shape index (κ3) is 4.46. The lowest BCUT2D eigenvalue weighted by Crippen LogP contribution is -2.49. The number of hydrogen-bond acceptors (Lipinski definition) is 4. The lowest BCUT2D eigenvalue weighted by Gasteiger charge is -2.37. The minimum Gasteiger partial charge on any atom is -0.489 e. The minimum absolute atomic E-state index is 0.0782. The van der Waals surface area contributed by atoms with Crippen LogP contribution in [-0.4, -0.2) is 42.0 Å². The van der Waals surface area contributed by atoms with Gasteiger partial charge in [-0.25, -0.2) is 0 Å². The summed E-state index contributed by atoms with van der Waals surface area (Å²) in [5.41, 5.74) is 5.61. The van der Waals surface area contributed by atoms with Crippen molar-refractivity contribution < 1.29 is 9.53 Å². The maximum atomic E-state index is 12.9. The van der Waals surface area contributed by atoms with Crippen molar-refractivity contribution in [2.45, 2.75) is 20.5 Å². The second-order valence-electron chi connectivity index (χ2n) is 7.67. The van der Waals surface area contributed by atoms with Crippen LogP contribution in [0.4, 0.5) is 5.69 Å². The molecule has 154 valence electrons. The first kappa shape index (κ1) is 20.0. The number of nitrogens with zero attached hydrogens (tertiary/aromatic N) is 3. The SMILES string of the molecule is Cc1cccc(N2CCN(C(=O)c3ccc(OCc4cccnc4)cc3)CC2)c1C. The van der Waals surface area contributed by atoms with Crippen molar-refractivity contribution in [2.75, 3.05) is 31.1 Å². The number of carbonyl (C=O) groups is 1. The Morgan fingerprint density at radius 1 is 0.967 bits per heavy atom. The number of anilines is 1. The third-order valence-corrected chi connectivity index (χ3v) is 5.71. The van der Waals surface area contributed by atoms with E-state index >= 15 is 0 Å². The van der Waals surface area contributed by atoms with Crippen molar-refractivity contribution in [3.05, 3.63) is 89.2 Å². The predicted octanol–water partition coefficient (Wildman–Crippen LogP) is 4.24. The highest BCUT2D eigenvalue weighted by atomic mass is 16.5. The molecule has 1 fully saturated rings.